The first-order valence-corrected chi connectivity index (χ1v) is 11.0. The van der Waals surface area contributed by atoms with E-state index in [4.69, 9.17) is 0 Å². The average Bonchev–Trinajstić information content (AvgIpc) is 3.20. The largest absolute Gasteiger partial charge is 0.417 e. The third-order valence-electron chi connectivity index (χ3n) is 3.92. The standard InChI is InChI=1S/C20H16F3N5O3S2/c1-11(29)24-12-6-8-13(9-7-12)25-16(30)10-32-19-28-27-18(33-19)26-17(31)14-4-2-3-5-15(14)20(21,22)23/h2-9H,10H2,1H3,(H,24,29)(H,25,30)(H,26,27,31). The van der Waals surface area contributed by atoms with Gasteiger partial charge in [-0.3, -0.25) is 19.7 Å². The number of anilines is 3. The molecule has 172 valence electrons. The summed E-state index contributed by atoms with van der Waals surface area (Å²) in [5, 5.41) is 15.2. The zero-order chi connectivity index (χ0) is 24.0. The van der Waals surface area contributed by atoms with Crippen LogP contribution in [0.5, 0.6) is 0 Å². The van der Waals surface area contributed by atoms with E-state index in [0.29, 0.717) is 15.7 Å². The number of aromatic nitrogens is 2. The first-order valence-electron chi connectivity index (χ1n) is 9.23. The smallest absolute Gasteiger partial charge is 0.326 e. The first-order chi connectivity index (χ1) is 15.6. The fourth-order valence-corrected chi connectivity index (χ4v) is 4.12. The van der Waals surface area contributed by atoms with Crippen LogP contribution in [0.2, 0.25) is 0 Å². The lowest BCUT2D eigenvalue weighted by molar-refractivity contribution is -0.137. The van der Waals surface area contributed by atoms with E-state index in [2.05, 4.69) is 26.1 Å². The molecule has 3 amide bonds. The van der Waals surface area contributed by atoms with Crippen LogP contribution >= 0.6 is 23.1 Å². The maximum Gasteiger partial charge on any atom is 0.417 e. The number of amides is 3. The highest BCUT2D eigenvalue weighted by Crippen LogP contribution is 2.32. The topological polar surface area (TPSA) is 113 Å². The summed E-state index contributed by atoms with van der Waals surface area (Å²) >= 11 is 1.99. The van der Waals surface area contributed by atoms with Crippen LogP contribution < -0.4 is 16.0 Å². The van der Waals surface area contributed by atoms with E-state index >= 15 is 0 Å². The molecule has 0 fully saturated rings. The van der Waals surface area contributed by atoms with Gasteiger partial charge in [0, 0.05) is 18.3 Å². The quantitative estimate of drug-likeness (QED) is 0.329. The Morgan fingerprint density at radius 1 is 0.939 bits per heavy atom. The first kappa shape index (κ1) is 24.2. The Kier molecular flexibility index (Phi) is 7.66. The third kappa shape index (κ3) is 7.02. The van der Waals surface area contributed by atoms with Crippen LogP contribution in [0.3, 0.4) is 0 Å². The molecule has 0 atom stereocenters. The molecule has 3 N–H and O–H groups in total. The van der Waals surface area contributed by atoms with E-state index in [-0.39, 0.29) is 22.7 Å². The molecular weight excluding hydrogens is 479 g/mol. The summed E-state index contributed by atoms with van der Waals surface area (Å²) in [7, 11) is 0. The molecule has 1 heterocycles. The van der Waals surface area contributed by atoms with Gasteiger partial charge in [0.05, 0.1) is 16.9 Å². The summed E-state index contributed by atoms with van der Waals surface area (Å²) in [4.78, 5) is 35.4. The highest BCUT2D eigenvalue weighted by atomic mass is 32.2. The molecule has 0 bridgehead atoms. The molecule has 13 heteroatoms. The molecule has 8 nitrogen and oxygen atoms in total. The second kappa shape index (κ2) is 10.4. The van der Waals surface area contributed by atoms with Gasteiger partial charge in [-0.1, -0.05) is 35.2 Å². The second-order valence-electron chi connectivity index (χ2n) is 6.47. The number of hydrogen-bond donors (Lipinski definition) is 3. The predicted octanol–water partition coefficient (Wildman–Crippen LogP) is 4.50. The highest BCUT2D eigenvalue weighted by molar-refractivity contribution is 8.01. The third-order valence-corrected chi connectivity index (χ3v) is 5.89. The Labute approximate surface area is 194 Å². The number of nitrogens with one attached hydrogen (secondary N) is 3. The minimum Gasteiger partial charge on any atom is -0.326 e. The Hall–Kier alpha value is -3.45. The summed E-state index contributed by atoms with van der Waals surface area (Å²) in [6.45, 7) is 1.39. The molecule has 0 aliphatic heterocycles. The van der Waals surface area contributed by atoms with Crippen LogP contribution in [0, 0.1) is 0 Å². The SMILES string of the molecule is CC(=O)Nc1ccc(NC(=O)CSc2nnc(NC(=O)c3ccccc3C(F)(F)F)s2)cc1. The van der Waals surface area contributed by atoms with E-state index in [1.54, 1.807) is 24.3 Å². The summed E-state index contributed by atoms with van der Waals surface area (Å²) in [5.41, 5.74) is -0.457. The molecule has 0 aliphatic rings. The zero-order valence-corrected chi connectivity index (χ0v) is 18.5. The molecule has 1 aromatic heterocycles. The minimum atomic E-state index is -4.67. The molecule has 0 radical (unpaired) electrons. The van der Waals surface area contributed by atoms with E-state index in [9.17, 15) is 27.6 Å². The Morgan fingerprint density at radius 2 is 1.58 bits per heavy atom. The Bertz CT molecular complexity index is 1170. The number of rotatable bonds is 7. The molecule has 2 aromatic carbocycles. The van der Waals surface area contributed by atoms with Crippen molar-refractivity contribution in [2.45, 2.75) is 17.4 Å². The molecule has 33 heavy (non-hydrogen) atoms. The zero-order valence-electron chi connectivity index (χ0n) is 16.9. The van der Waals surface area contributed by atoms with Crippen molar-refractivity contribution in [3.8, 4) is 0 Å². The predicted molar refractivity (Wildman–Crippen MR) is 119 cm³/mol. The van der Waals surface area contributed by atoms with Crippen LogP contribution in [-0.2, 0) is 15.8 Å². The molecule has 0 unspecified atom stereocenters. The number of alkyl halides is 3. The maximum absolute atomic E-state index is 13.1. The lowest BCUT2D eigenvalue weighted by Gasteiger charge is -2.11. The Morgan fingerprint density at radius 3 is 2.21 bits per heavy atom. The number of thioether (sulfide) groups is 1. The molecule has 0 spiro atoms. The summed E-state index contributed by atoms with van der Waals surface area (Å²) < 4.78 is 39.6. The number of carbonyl (C=O) groups excluding carboxylic acids is 3. The van der Waals surface area contributed by atoms with Crippen molar-refractivity contribution in [2.75, 3.05) is 21.7 Å². The lowest BCUT2D eigenvalue weighted by atomic mass is 10.1. The van der Waals surface area contributed by atoms with Gasteiger partial charge in [-0.15, -0.1) is 10.2 Å². The van der Waals surface area contributed by atoms with Crippen molar-refractivity contribution in [1.29, 1.82) is 0 Å². The second-order valence-corrected chi connectivity index (χ2v) is 8.67. The highest BCUT2D eigenvalue weighted by Gasteiger charge is 2.35. The number of hydrogen-bond acceptors (Lipinski definition) is 7. The van der Waals surface area contributed by atoms with Gasteiger partial charge in [-0.05, 0) is 36.4 Å². The normalized spacial score (nSPS) is 11.0. The van der Waals surface area contributed by atoms with E-state index in [1.807, 2.05) is 0 Å². The minimum absolute atomic E-state index is 0.00701. The van der Waals surface area contributed by atoms with Gasteiger partial charge in [-0.25, -0.2) is 0 Å². The van der Waals surface area contributed by atoms with Crippen molar-refractivity contribution in [3.63, 3.8) is 0 Å². The van der Waals surface area contributed by atoms with Crippen molar-refractivity contribution < 1.29 is 27.6 Å². The fourth-order valence-electron chi connectivity index (χ4n) is 2.58. The van der Waals surface area contributed by atoms with E-state index < -0.39 is 23.2 Å². The molecule has 0 saturated heterocycles. The molecule has 3 aromatic rings. The maximum atomic E-state index is 13.1. The number of halogens is 3. The van der Waals surface area contributed by atoms with Crippen molar-refractivity contribution in [2.24, 2.45) is 0 Å². The summed E-state index contributed by atoms with van der Waals surface area (Å²) in [6.07, 6.45) is -4.67. The van der Waals surface area contributed by atoms with Gasteiger partial charge < -0.3 is 10.6 Å². The molecule has 3 rings (SSSR count). The molecular formula is C20H16F3N5O3S2. The average molecular weight is 496 g/mol. The van der Waals surface area contributed by atoms with Gasteiger partial charge in [0.2, 0.25) is 16.9 Å². The Balaban J connectivity index is 1.53. The van der Waals surface area contributed by atoms with E-state index in [0.717, 1.165) is 35.2 Å². The van der Waals surface area contributed by atoms with Gasteiger partial charge in [0.15, 0.2) is 4.34 Å². The van der Waals surface area contributed by atoms with Crippen LogP contribution in [0.25, 0.3) is 0 Å². The lowest BCUT2D eigenvalue weighted by Crippen LogP contribution is -2.18. The number of benzene rings is 2. The number of carbonyl (C=O) groups is 3. The molecule has 0 saturated carbocycles. The van der Waals surface area contributed by atoms with Crippen LogP contribution in [0.15, 0.2) is 52.9 Å². The van der Waals surface area contributed by atoms with Crippen molar-refractivity contribution in [1.82, 2.24) is 10.2 Å². The molecule has 0 aliphatic carbocycles. The van der Waals surface area contributed by atoms with Crippen molar-refractivity contribution in [3.05, 3.63) is 59.7 Å². The summed E-state index contributed by atoms with van der Waals surface area (Å²) in [6, 6.07) is 11.0. The summed E-state index contributed by atoms with van der Waals surface area (Å²) in [5.74, 6) is -1.50. The van der Waals surface area contributed by atoms with Gasteiger partial charge >= 0.3 is 6.18 Å². The van der Waals surface area contributed by atoms with Crippen molar-refractivity contribution >= 4 is 57.3 Å². The van der Waals surface area contributed by atoms with Gasteiger partial charge in [0.25, 0.3) is 5.91 Å². The fraction of sp³-hybridized carbons (Fsp3) is 0.150. The van der Waals surface area contributed by atoms with E-state index in [1.165, 1.54) is 19.1 Å². The van der Waals surface area contributed by atoms with Gasteiger partial charge in [0.1, 0.15) is 0 Å². The van der Waals surface area contributed by atoms with Crippen LogP contribution in [0.1, 0.15) is 22.8 Å². The van der Waals surface area contributed by atoms with Crippen LogP contribution in [0.4, 0.5) is 29.7 Å². The van der Waals surface area contributed by atoms with Crippen LogP contribution in [-0.4, -0.2) is 33.7 Å². The monoisotopic (exact) mass is 495 g/mol. The van der Waals surface area contributed by atoms with Gasteiger partial charge in [-0.2, -0.15) is 13.2 Å². The number of nitrogens with zero attached hydrogens (tertiary/aromatic N) is 2.